The van der Waals surface area contributed by atoms with Crippen molar-refractivity contribution in [1.29, 1.82) is 0 Å². The number of carbonyl (C=O) groups is 1. The summed E-state index contributed by atoms with van der Waals surface area (Å²) in [6, 6.07) is 7.96. The molecule has 0 bridgehead atoms. The lowest BCUT2D eigenvalue weighted by molar-refractivity contribution is -0.384. The summed E-state index contributed by atoms with van der Waals surface area (Å²) in [7, 11) is 0. The third-order valence-electron chi connectivity index (χ3n) is 5.26. The van der Waals surface area contributed by atoms with Crippen LogP contribution in [-0.4, -0.2) is 50.1 Å². The van der Waals surface area contributed by atoms with Crippen LogP contribution in [0.1, 0.15) is 41.4 Å². The maximum absolute atomic E-state index is 12.8. The summed E-state index contributed by atoms with van der Waals surface area (Å²) in [6.07, 6.45) is 7.71. The Hall–Kier alpha value is -3.53. The van der Waals surface area contributed by atoms with E-state index < -0.39 is 4.92 Å². The predicted molar refractivity (Wildman–Crippen MR) is 107 cm³/mol. The summed E-state index contributed by atoms with van der Waals surface area (Å²) in [4.78, 5) is 29.9. The molecule has 10 nitrogen and oxygen atoms in total. The molecule has 1 atom stereocenters. The van der Waals surface area contributed by atoms with Crippen LogP contribution in [0.5, 0.6) is 0 Å². The standard InChI is InChI=1S/C20H22N6O4/c27-20(15-6-7-16(17(11-15)26(28)29)25-14-21-13-23-25)22-12-18(19-5-4-10-30-19)24-8-2-1-3-9-24/h4-7,10-11,13-14,18H,1-3,8-9,12H2,(H,22,27). The van der Waals surface area contributed by atoms with Crippen LogP contribution < -0.4 is 5.32 Å². The number of furan rings is 1. The monoisotopic (exact) mass is 410 g/mol. The van der Waals surface area contributed by atoms with Crippen molar-refractivity contribution < 1.29 is 14.1 Å². The van der Waals surface area contributed by atoms with Gasteiger partial charge >= 0.3 is 0 Å². The van der Waals surface area contributed by atoms with Crippen LogP contribution in [-0.2, 0) is 0 Å². The van der Waals surface area contributed by atoms with Gasteiger partial charge in [0.2, 0.25) is 0 Å². The summed E-state index contributed by atoms with van der Waals surface area (Å²) < 4.78 is 6.89. The molecule has 156 valence electrons. The molecule has 1 amide bonds. The van der Waals surface area contributed by atoms with Gasteiger partial charge in [0.05, 0.1) is 17.2 Å². The molecule has 1 aliphatic heterocycles. The number of piperidine rings is 1. The molecular formula is C20H22N6O4. The second-order valence-corrected chi connectivity index (χ2v) is 7.14. The summed E-state index contributed by atoms with van der Waals surface area (Å²) in [5.74, 6) is 0.418. The van der Waals surface area contributed by atoms with Gasteiger partial charge in [0.15, 0.2) is 0 Å². The summed E-state index contributed by atoms with van der Waals surface area (Å²) in [5, 5.41) is 18.3. The maximum Gasteiger partial charge on any atom is 0.295 e. The number of carbonyl (C=O) groups excluding carboxylic acids is 1. The predicted octanol–water partition coefficient (Wildman–Crippen LogP) is 2.73. The number of nitro benzene ring substituents is 1. The van der Waals surface area contributed by atoms with E-state index in [2.05, 4.69) is 20.3 Å². The Labute approximate surface area is 172 Å². The first kappa shape index (κ1) is 19.8. The van der Waals surface area contributed by atoms with E-state index in [0.29, 0.717) is 6.54 Å². The van der Waals surface area contributed by atoms with E-state index in [1.165, 1.54) is 35.9 Å². The summed E-state index contributed by atoms with van der Waals surface area (Å²) in [6.45, 7) is 2.24. The molecule has 3 aromatic rings. The molecule has 30 heavy (non-hydrogen) atoms. The van der Waals surface area contributed by atoms with Gasteiger partial charge in [-0.15, -0.1) is 0 Å². The molecule has 1 aliphatic rings. The van der Waals surface area contributed by atoms with Crippen molar-refractivity contribution in [3.63, 3.8) is 0 Å². The van der Waals surface area contributed by atoms with Crippen molar-refractivity contribution >= 4 is 11.6 Å². The molecule has 0 spiro atoms. The third kappa shape index (κ3) is 4.23. The van der Waals surface area contributed by atoms with Crippen LogP contribution in [0, 0.1) is 10.1 Å². The highest BCUT2D eigenvalue weighted by Gasteiger charge is 2.26. The molecule has 1 unspecified atom stereocenters. The van der Waals surface area contributed by atoms with Crippen molar-refractivity contribution in [1.82, 2.24) is 25.0 Å². The van der Waals surface area contributed by atoms with Gasteiger partial charge in [-0.1, -0.05) is 6.42 Å². The smallest absolute Gasteiger partial charge is 0.295 e. The number of likely N-dealkylation sites (tertiary alicyclic amines) is 1. The fourth-order valence-electron chi connectivity index (χ4n) is 3.75. The van der Waals surface area contributed by atoms with Crippen LogP contribution in [0.15, 0.2) is 53.7 Å². The number of hydrogen-bond acceptors (Lipinski definition) is 7. The van der Waals surface area contributed by atoms with Crippen molar-refractivity contribution in [2.24, 2.45) is 0 Å². The summed E-state index contributed by atoms with van der Waals surface area (Å²) >= 11 is 0. The molecule has 2 aromatic heterocycles. The van der Waals surface area contributed by atoms with Crippen LogP contribution >= 0.6 is 0 Å². The molecule has 1 fully saturated rings. The summed E-state index contributed by atoms with van der Waals surface area (Å²) in [5.41, 5.74) is 0.241. The minimum Gasteiger partial charge on any atom is -0.468 e. The number of amides is 1. The third-order valence-corrected chi connectivity index (χ3v) is 5.26. The quantitative estimate of drug-likeness (QED) is 0.470. The number of nitro groups is 1. The van der Waals surface area contributed by atoms with E-state index in [-0.39, 0.29) is 28.9 Å². The Morgan fingerprint density at radius 3 is 2.77 bits per heavy atom. The minimum atomic E-state index is -0.535. The van der Waals surface area contributed by atoms with Crippen LogP contribution in [0.2, 0.25) is 0 Å². The zero-order chi connectivity index (χ0) is 20.9. The van der Waals surface area contributed by atoms with Crippen LogP contribution in [0.25, 0.3) is 5.69 Å². The molecule has 1 aromatic carbocycles. The van der Waals surface area contributed by atoms with Gasteiger partial charge in [-0.25, -0.2) is 9.67 Å². The molecular weight excluding hydrogens is 388 g/mol. The van der Waals surface area contributed by atoms with Gasteiger partial charge in [-0.2, -0.15) is 5.10 Å². The largest absolute Gasteiger partial charge is 0.468 e. The number of aromatic nitrogens is 3. The Bertz CT molecular complexity index is 996. The van der Waals surface area contributed by atoms with E-state index in [1.807, 2.05) is 12.1 Å². The van der Waals surface area contributed by atoms with Crippen LogP contribution in [0.3, 0.4) is 0 Å². The topological polar surface area (TPSA) is 119 Å². The Kier molecular flexibility index (Phi) is 5.84. The Balaban J connectivity index is 1.51. The Morgan fingerprint density at radius 2 is 2.10 bits per heavy atom. The van der Waals surface area contributed by atoms with E-state index in [1.54, 1.807) is 12.3 Å². The molecule has 10 heteroatoms. The molecule has 1 N–H and O–H groups in total. The number of benzene rings is 1. The van der Waals surface area contributed by atoms with Crippen molar-refractivity contribution in [3.8, 4) is 5.69 Å². The average molecular weight is 410 g/mol. The SMILES string of the molecule is O=C(NCC(c1ccco1)N1CCCCC1)c1ccc(-n2cncn2)c([N+](=O)[O-])c1. The molecule has 0 radical (unpaired) electrons. The lowest BCUT2D eigenvalue weighted by Gasteiger charge is -2.33. The zero-order valence-electron chi connectivity index (χ0n) is 16.3. The van der Waals surface area contributed by atoms with Gasteiger partial charge in [0, 0.05) is 18.2 Å². The zero-order valence-corrected chi connectivity index (χ0v) is 16.3. The molecule has 1 saturated heterocycles. The highest BCUT2D eigenvalue weighted by Crippen LogP contribution is 2.26. The first-order valence-electron chi connectivity index (χ1n) is 9.82. The highest BCUT2D eigenvalue weighted by molar-refractivity contribution is 5.95. The van der Waals surface area contributed by atoms with Crippen LogP contribution in [0.4, 0.5) is 5.69 Å². The molecule has 3 heterocycles. The van der Waals surface area contributed by atoms with Crippen molar-refractivity contribution in [3.05, 3.63) is 70.7 Å². The second-order valence-electron chi connectivity index (χ2n) is 7.14. The van der Waals surface area contributed by atoms with Gasteiger partial charge in [0.25, 0.3) is 11.6 Å². The maximum atomic E-state index is 12.8. The number of nitrogens with one attached hydrogen (secondary N) is 1. The Morgan fingerprint density at radius 1 is 1.27 bits per heavy atom. The molecule has 0 aliphatic carbocycles. The average Bonchev–Trinajstić information content (AvgIpc) is 3.49. The van der Waals surface area contributed by atoms with E-state index in [4.69, 9.17) is 4.42 Å². The number of hydrogen-bond donors (Lipinski definition) is 1. The normalized spacial score (nSPS) is 15.6. The lowest BCUT2D eigenvalue weighted by atomic mass is 10.1. The lowest BCUT2D eigenvalue weighted by Crippen LogP contribution is -2.40. The van der Waals surface area contributed by atoms with Gasteiger partial charge in [-0.3, -0.25) is 19.8 Å². The fourth-order valence-corrected chi connectivity index (χ4v) is 3.75. The molecule has 0 saturated carbocycles. The first-order chi connectivity index (χ1) is 14.6. The minimum absolute atomic E-state index is 0.0753. The van der Waals surface area contributed by atoms with Gasteiger partial charge < -0.3 is 9.73 Å². The number of rotatable bonds is 7. The molecule has 4 rings (SSSR count). The number of nitrogens with zero attached hydrogens (tertiary/aromatic N) is 5. The first-order valence-corrected chi connectivity index (χ1v) is 9.82. The van der Waals surface area contributed by atoms with Crippen molar-refractivity contribution in [2.75, 3.05) is 19.6 Å². The van der Waals surface area contributed by atoms with Gasteiger partial charge in [-0.05, 0) is 50.2 Å². The van der Waals surface area contributed by atoms with E-state index in [9.17, 15) is 14.9 Å². The van der Waals surface area contributed by atoms with E-state index >= 15 is 0 Å². The highest BCUT2D eigenvalue weighted by atomic mass is 16.6. The van der Waals surface area contributed by atoms with E-state index in [0.717, 1.165) is 31.7 Å². The fraction of sp³-hybridized carbons (Fsp3) is 0.350. The second kappa shape index (κ2) is 8.87. The van der Waals surface area contributed by atoms with Gasteiger partial charge in [0.1, 0.15) is 24.1 Å². The van der Waals surface area contributed by atoms with Crippen molar-refractivity contribution in [2.45, 2.75) is 25.3 Å².